The summed E-state index contributed by atoms with van der Waals surface area (Å²) in [5, 5.41) is 3.56. The summed E-state index contributed by atoms with van der Waals surface area (Å²) in [6, 6.07) is 2.38. The minimum absolute atomic E-state index is 0.258. The predicted molar refractivity (Wildman–Crippen MR) is 85.0 cm³/mol. The molecule has 0 spiro atoms. The van der Waals surface area contributed by atoms with Crippen molar-refractivity contribution in [3.05, 3.63) is 51.1 Å². The van der Waals surface area contributed by atoms with Crippen LogP contribution in [0.15, 0.2) is 27.3 Å². The molecule has 0 bridgehead atoms. The molecule has 3 nitrogen and oxygen atoms in total. The zero-order valence-electron chi connectivity index (χ0n) is 12.5. The fourth-order valence-corrected chi connectivity index (χ4v) is 3.06. The fraction of sp³-hybridized carbons (Fsp3) is 0.438. The Balaban J connectivity index is 2.31. The lowest BCUT2D eigenvalue weighted by atomic mass is 9.96. The third kappa shape index (κ3) is 3.30. The average molecular weight is 337 g/mol. The molecule has 0 aromatic carbocycles. The summed E-state index contributed by atoms with van der Waals surface area (Å²) in [5.74, 6) is 2.02. The molecular weight excluding hydrogens is 316 g/mol. The molecule has 0 fully saturated rings. The molecule has 0 saturated carbocycles. The lowest BCUT2D eigenvalue weighted by Crippen LogP contribution is -2.24. The summed E-state index contributed by atoms with van der Waals surface area (Å²) in [6.07, 6.45) is 4.64. The van der Waals surface area contributed by atoms with Crippen molar-refractivity contribution in [2.75, 3.05) is 6.54 Å². The highest BCUT2D eigenvalue weighted by atomic mass is 79.9. The van der Waals surface area contributed by atoms with Crippen LogP contribution in [0.1, 0.15) is 41.2 Å². The molecule has 20 heavy (non-hydrogen) atoms. The van der Waals surface area contributed by atoms with Crippen molar-refractivity contribution in [2.45, 2.75) is 40.2 Å². The van der Waals surface area contributed by atoms with Crippen molar-refractivity contribution < 1.29 is 4.42 Å². The highest BCUT2D eigenvalue weighted by Crippen LogP contribution is 2.29. The van der Waals surface area contributed by atoms with E-state index in [-0.39, 0.29) is 6.04 Å². The second-order valence-electron chi connectivity index (χ2n) is 5.08. The maximum absolute atomic E-state index is 5.77. The van der Waals surface area contributed by atoms with Gasteiger partial charge < -0.3 is 9.73 Å². The van der Waals surface area contributed by atoms with Gasteiger partial charge in [0.25, 0.3) is 0 Å². The van der Waals surface area contributed by atoms with Gasteiger partial charge >= 0.3 is 0 Å². The number of rotatable bonds is 5. The number of hydrogen-bond acceptors (Lipinski definition) is 3. The number of pyridine rings is 1. The monoisotopic (exact) mass is 336 g/mol. The van der Waals surface area contributed by atoms with Crippen LogP contribution in [0.2, 0.25) is 0 Å². The maximum Gasteiger partial charge on any atom is 0.106 e. The quantitative estimate of drug-likeness (QED) is 0.886. The molecule has 1 atom stereocenters. The first kappa shape index (κ1) is 15.3. The van der Waals surface area contributed by atoms with Crippen molar-refractivity contribution >= 4 is 15.9 Å². The molecule has 108 valence electrons. The van der Waals surface area contributed by atoms with Crippen molar-refractivity contribution in [1.82, 2.24) is 10.3 Å². The van der Waals surface area contributed by atoms with Gasteiger partial charge in [-0.05, 0) is 66.9 Å². The van der Waals surface area contributed by atoms with E-state index in [1.54, 1.807) is 0 Å². The zero-order chi connectivity index (χ0) is 14.7. The Hall–Kier alpha value is -1.13. The van der Waals surface area contributed by atoms with Crippen LogP contribution >= 0.6 is 15.9 Å². The zero-order valence-corrected chi connectivity index (χ0v) is 14.0. The first-order valence-electron chi connectivity index (χ1n) is 6.92. The summed E-state index contributed by atoms with van der Waals surface area (Å²) in [5.41, 5.74) is 3.74. The van der Waals surface area contributed by atoms with Crippen LogP contribution in [0, 0.1) is 20.8 Å². The number of nitrogens with zero attached hydrogens (tertiary/aromatic N) is 1. The number of nitrogens with one attached hydrogen (secondary N) is 1. The van der Waals surface area contributed by atoms with Crippen molar-refractivity contribution in [2.24, 2.45) is 0 Å². The standard InChI is InChI=1S/C16H21BrN2O/c1-5-19-15(7-13-6-14(17)9-18-8-13)16-10(2)11(3)20-12(16)4/h6,8-9,15,19H,5,7H2,1-4H3. The topological polar surface area (TPSA) is 38.1 Å². The summed E-state index contributed by atoms with van der Waals surface area (Å²) >= 11 is 3.48. The molecule has 2 heterocycles. The molecule has 2 aromatic heterocycles. The molecular formula is C16H21BrN2O. The van der Waals surface area contributed by atoms with Gasteiger partial charge in [0.05, 0.1) is 0 Å². The molecule has 0 aliphatic heterocycles. The van der Waals surface area contributed by atoms with Gasteiger partial charge in [-0.15, -0.1) is 0 Å². The first-order valence-corrected chi connectivity index (χ1v) is 7.71. The van der Waals surface area contributed by atoms with E-state index in [1.807, 2.05) is 26.2 Å². The van der Waals surface area contributed by atoms with Crippen LogP contribution in [-0.4, -0.2) is 11.5 Å². The highest BCUT2D eigenvalue weighted by Gasteiger charge is 2.20. The van der Waals surface area contributed by atoms with Crippen LogP contribution < -0.4 is 5.32 Å². The molecule has 0 radical (unpaired) electrons. The van der Waals surface area contributed by atoms with Gasteiger partial charge in [-0.1, -0.05) is 6.92 Å². The molecule has 0 aliphatic carbocycles. The minimum Gasteiger partial charge on any atom is -0.466 e. The van der Waals surface area contributed by atoms with Crippen molar-refractivity contribution in [1.29, 1.82) is 0 Å². The number of aromatic nitrogens is 1. The molecule has 0 aliphatic rings. The fourth-order valence-electron chi connectivity index (χ4n) is 2.65. The third-order valence-electron chi connectivity index (χ3n) is 3.62. The largest absolute Gasteiger partial charge is 0.466 e. The molecule has 2 aromatic rings. The molecule has 0 amide bonds. The summed E-state index contributed by atoms with van der Waals surface area (Å²) in [4.78, 5) is 4.24. The second kappa shape index (κ2) is 6.55. The Labute approximate surface area is 128 Å². The van der Waals surface area contributed by atoms with Gasteiger partial charge in [0.15, 0.2) is 0 Å². The van der Waals surface area contributed by atoms with E-state index in [2.05, 4.69) is 46.1 Å². The molecule has 1 unspecified atom stereocenters. The van der Waals surface area contributed by atoms with Gasteiger partial charge in [-0.3, -0.25) is 4.98 Å². The number of furan rings is 1. The number of aryl methyl sites for hydroxylation is 2. The van der Waals surface area contributed by atoms with E-state index >= 15 is 0 Å². The van der Waals surface area contributed by atoms with Crippen LogP contribution in [0.3, 0.4) is 0 Å². The Kier molecular flexibility index (Phi) is 5.00. The van der Waals surface area contributed by atoms with Gasteiger partial charge in [-0.25, -0.2) is 0 Å². The normalized spacial score (nSPS) is 12.7. The minimum atomic E-state index is 0.258. The summed E-state index contributed by atoms with van der Waals surface area (Å²) < 4.78 is 6.78. The van der Waals surface area contributed by atoms with E-state index in [1.165, 1.54) is 16.7 Å². The Morgan fingerprint density at radius 2 is 2.00 bits per heavy atom. The Bertz CT molecular complexity index is 592. The van der Waals surface area contributed by atoms with E-state index < -0.39 is 0 Å². The van der Waals surface area contributed by atoms with Crippen LogP contribution in [-0.2, 0) is 6.42 Å². The number of hydrogen-bond donors (Lipinski definition) is 1. The maximum atomic E-state index is 5.77. The average Bonchev–Trinajstić information content (AvgIpc) is 2.63. The van der Waals surface area contributed by atoms with Crippen LogP contribution in [0.25, 0.3) is 0 Å². The summed E-state index contributed by atoms with van der Waals surface area (Å²) in [6.45, 7) is 9.25. The lowest BCUT2D eigenvalue weighted by molar-refractivity contribution is 0.484. The lowest BCUT2D eigenvalue weighted by Gasteiger charge is -2.19. The molecule has 1 N–H and O–H groups in total. The second-order valence-corrected chi connectivity index (χ2v) is 5.99. The van der Waals surface area contributed by atoms with Crippen LogP contribution in [0.5, 0.6) is 0 Å². The SMILES string of the molecule is CCNC(Cc1cncc(Br)c1)c1c(C)oc(C)c1C. The van der Waals surface area contributed by atoms with Gasteiger partial charge in [0.1, 0.15) is 11.5 Å². The predicted octanol–water partition coefficient (Wildman–Crippen LogP) is 4.26. The van der Waals surface area contributed by atoms with Gasteiger partial charge in [0, 0.05) is 28.5 Å². The molecule has 2 rings (SSSR count). The number of halogens is 1. The smallest absolute Gasteiger partial charge is 0.106 e. The van der Waals surface area contributed by atoms with Gasteiger partial charge in [0.2, 0.25) is 0 Å². The van der Waals surface area contributed by atoms with Gasteiger partial charge in [-0.2, -0.15) is 0 Å². The van der Waals surface area contributed by atoms with Crippen molar-refractivity contribution in [3.8, 4) is 0 Å². The molecule has 0 saturated heterocycles. The number of likely N-dealkylation sites (N-methyl/N-ethyl adjacent to an activating group) is 1. The molecule has 4 heteroatoms. The van der Waals surface area contributed by atoms with E-state index in [0.717, 1.165) is 29.0 Å². The van der Waals surface area contributed by atoms with E-state index in [0.29, 0.717) is 0 Å². The third-order valence-corrected chi connectivity index (χ3v) is 4.05. The first-order chi connectivity index (χ1) is 9.52. The van der Waals surface area contributed by atoms with E-state index in [4.69, 9.17) is 4.42 Å². The van der Waals surface area contributed by atoms with Crippen molar-refractivity contribution in [3.63, 3.8) is 0 Å². The van der Waals surface area contributed by atoms with E-state index in [9.17, 15) is 0 Å². The Morgan fingerprint density at radius 1 is 1.25 bits per heavy atom. The Morgan fingerprint density at radius 3 is 2.55 bits per heavy atom. The highest BCUT2D eigenvalue weighted by molar-refractivity contribution is 9.10. The summed E-state index contributed by atoms with van der Waals surface area (Å²) in [7, 11) is 0. The van der Waals surface area contributed by atoms with Crippen LogP contribution in [0.4, 0.5) is 0 Å².